The standard InChI is InChI=1S/C11H11BrO3/c1-8(13)15-11-4-2-9(3-5-11)6-10(14)7-12/h2-5H,6-7H2,1H3. The van der Waals surface area contributed by atoms with Gasteiger partial charge in [-0.15, -0.1) is 0 Å². The van der Waals surface area contributed by atoms with E-state index in [0.29, 0.717) is 17.5 Å². The summed E-state index contributed by atoms with van der Waals surface area (Å²) in [4.78, 5) is 21.8. The highest BCUT2D eigenvalue weighted by Gasteiger charge is 2.02. The molecule has 0 atom stereocenters. The van der Waals surface area contributed by atoms with E-state index in [9.17, 15) is 9.59 Å². The summed E-state index contributed by atoms with van der Waals surface area (Å²) in [5, 5.41) is 0.360. The first kappa shape index (κ1) is 11.9. The van der Waals surface area contributed by atoms with Crippen molar-refractivity contribution in [1.29, 1.82) is 0 Å². The van der Waals surface area contributed by atoms with E-state index in [-0.39, 0.29) is 11.8 Å². The third kappa shape index (κ3) is 4.25. The van der Waals surface area contributed by atoms with Crippen LogP contribution in [0.2, 0.25) is 0 Å². The summed E-state index contributed by atoms with van der Waals surface area (Å²) in [5.74, 6) is 0.270. The van der Waals surface area contributed by atoms with Gasteiger partial charge in [0.05, 0.1) is 5.33 Å². The maximum absolute atomic E-state index is 11.1. The van der Waals surface area contributed by atoms with Crippen LogP contribution < -0.4 is 4.74 Å². The van der Waals surface area contributed by atoms with E-state index in [4.69, 9.17) is 4.74 Å². The van der Waals surface area contributed by atoms with Crippen molar-refractivity contribution in [3.63, 3.8) is 0 Å². The highest BCUT2D eigenvalue weighted by molar-refractivity contribution is 9.09. The zero-order valence-electron chi connectivity index (χ0n) is 8.33. The number of rotatable bonds is 4. The summed E-state index contributed by atoms with van der Waals surface area (Å²) in [6, 6.07) is 6.91. The molecular formula is C11H11BrO3. The Bertz CT molecular complexity index is 357. The molecule has 0 bridgehead atoms. The van der Waals surface area contributed by atoms with Gasteiger partial charge in [0.15, 0.2) is 0 Å². The van der Waals surface area contributed by atoms with Crippen molar-refractivity contribution in [2.75, 3.05) is 5.33 Å². The smallest absolute Gasteiger partial charge is 0.308 e. The molecule has 3 nitrogen and oxygen atoms in total. The first-order valence-electron chi connectivity index (χ1n) is 4.47. The SMILES string of the molecule is CC(=O)Oc1ccc(CC(=O)CBr)cc1. The molecule has 0 amide bonds. The van der Waals surface area contributed by atoms with Crippen LogP contribution in [0, 0.1) is 0 Å². The van der Waals surface area contributed by atoms with Crippen LogP contribution in [-0.4, -0.2) is 17.1 Å². The Labute approximate surface area is 96.6 Å². The van der Waals surface area contributed by atoms with E-state index >= 15 is 0 Å². The van der Waals surface area contributed by atoms with Crippen LogP contribution in [0.3, 0.4) is 0 Å². The molecule has 0 radical (unpaired) electrons. The fourth-order valence-electron chi connectivity index (χ4n) is 1.12. The number of halogens is 1. The number of hydrogen-bond donors (Lipinski definition) is 0. The van der Waals surface area contributed by atoms with Crippen LogP contribution >= 0.6 is 15.9 Å². The van der Waals surface area contributed by atoms with E-state index in [1.807, 2.05) is 0 Å². The molecule has 0 saturated carbocycles. The van der Waals surface area contributed by atoms with Crippen molar-refractivity contribution in [1.82, 2.24) is 0 Å². The molecule has 15 heavy (non-hydrogen) atoms. The quantitative estimate of drug-likeness (QED) is 0.478. The van der Waals surface area contributed by atoms with Crippen molar-refractivity contribution < 1.29 is 14.3 Å². The maximum Gasteiger partial charge on any atom is 0.308 e. The summed E-state index contributed by atoms with van der Waals surface area (Å²) in [5.41, 5.74) is 0.912. The van der Waals surface area contributed by atoms with Gasteiger partial charge in [-0.2, -0.15) is 0 Å². The Kier molecular flexibility index (Phi) is 4.49. The van der Waals surface area contributed by atoms with E-state index < -0.39 is 0 Å². The lowest BCUT2D eigenvalue weighted by molar-refractivity contribution is -0.131. The second kappa shape index (κ2) is 5.66. The topological polar surface area (TPSA) is 43.4 Å². The van der Waals surface area contributed by atoms with Gasteiger partial charge in [-0.25, -0.2) is 0 Å². The van der Waals surface area contributed by atoms with Gasteiger partial charge < -0.3 is 4.74 Å². The molecule has 0 unspecified atom stereocenters. The first-order chi connectivity index (χ1) is 7.11. The molecule has 0 aliphatic carbocycles. The highest BCUT2D eigenvalue weighted by atomic mass is 79.9. The summed E-state index contributed by atoms with van der Waals surface area (Å²) >= 11 is 3.10. The summed E-state index contributed by atoms with van der Waals surface area (Å²) in [6.07, 6.45) is 0.394. The molecule has 0 saturated heterocycles. The van der Waals surface area contributed by atoms with Gasteiger partial charge in [-0.05, 0) is 17.7 Å². The average Bonchev–Trinajstić information content (AvgIpc) is 2.20. The van der Waals surface area contributed by atoms with E-state index in [1.54, 1.807) is 24.3 Å². The van der Waals surface area contributed by atoms with Gasteiger partial charge in [0.25, 0.3) is 0 Å². The minimum atomic E-state index is -0.348. The zero-order chi connectivity index (χ0) is 11.3. The summed E-state index contributed by atoms with van der Waals surface area (Å²) < 4.78 is 4.87. The second-order valence-electron chi connectivity index (χ2n) is 3.09. The average molecular weight is 271 g/mol. The molecule has 1 aromatic rings. The van der Waals surface area contributed by atoms with E-state index in [0.717, 1.165) is 5.56 Å². The van der Waals surface area contributed by atoms with Crippen molar-refractivity contribution in [2.24, 2.45) is 0 Å². The van der Waals surface area contributed by atoms with Crippen LogP contribution in [0.5, 0.6) is 5.75 Å². The summed E-state index contributed by atoms with van der Waals surface area (Å²) in [7, 11) is 0. The molecule has 0 fully saturated rings. The van der Waals surface area contributed by atoms with Crippen molar-refractivity contribution in [3.8, 4) is 5.75 Å². The molecule has 1 rings (SSSR count). The molecule has 1 aromatic carbocycles. The fraction of sp³-hybridized carbons (Fsp3) is 0.273. The van der Waals surface area contributed by atoms with Crippen LogP contribution in [0.25, 0.3) is 0 Å². The van der Waals surface area contributed by atoms with Gasteiger partial charge in [0.1, 0.15) is 11.5 Å². The third-order valence-corrected chi connectivity index (χ3v) is 2.36. The number of alkyl halides is 1. The molecule has 0 aliphatic heterocycles. The minimum Gasteiger partial charge on any atom is -0.427 e. The number of carbonyl (C=O) groups is 2. The largest absolute Gasteiger partial charge is 0.427 e. The molecule has 4 heteroatoms. The number of benzene rings is 1. The lowest BCUT2D eigenvalue weighted by Crippen LogP contribution is -2.04. The number of ketones is 1. The maximum atomic E-state index is 11.1. The Morgan fingerprint density at radius 2 is 1.87 bits per heavy atom. The molecule has 0 aromatic heterocycles. The number of carbonyl (C=O) groups excluding carboxylic acids is 2. The Morgan fingerprint density at radius 3 is 2.33 bits per heavy atom. The van der Waals surface area contributed by atoms with Gasteiger partial charge in [0.2, 0.25) is 0 Å². The molecule has 80 valence electrons. The zero-order valence-corrected chi connectivity index (χ0v) is 9.91. The third-order valence-electron chi connectivity index (χ3n) is 1.74. The molecular weight excluding hydrogens is 260 g/mol. The van der Waals surface area contributed by atoms with Crippen molar-refractivity contribution in [3.05, 3.63) is 29.8 Å². The minimum absolute atomic E-state index is 0.121. The number of Topliss-reactive ketones (excluding diaryl/α,β-unsaturated/α-hetero) is 1. The molecule has 0 aliphatic rings. The second-order valence-corrected chi connectivity index (χ2v) is 3.65. The van der Waals surface area contributed by atoms with Crippen molar-refractivity contribution in [2.45, 2.75) is 13.3 Å². The van der Waals surface area contributed by atoms with E-state index in [2.05, 4.69) is 15.9 Å². The van der Waals surface area contributed by atoms with Crippen LogP contribution in [0.15, 0.2) is 24.3 Å². The van der Waals surface area contributed by atoms with Crippen LogP contribution in [0.4, 0.5) is 0 Å². The lowest BCUT2D eigenvalue weighted by Gasteiger charge is -2.02. The normalized spacial score (nSPS) is 9.73. The fourth-order valence-corrected chi connectivity index (χ4v) is 1.31. The first-order valence-corrected chi connectivity index (χ1v) is 5.59. The Morgan fingerprint density at radius 1 is 1.27 bits per heavy atom. The van der Waals surface area contributed by atoms with Crippen molar-refractivity contribution >= 4 is 27.7 Å². The Hall–Kier alpha value is -1.16. The molecule has 0 spiro atoms. The van der Waals surface area contributed by atoms with Gasteiger partial charge in [0, 0.05) is 13.3 Å². The highest BCUT2D eigenvalue weighted by Crippen LogP contribution is 2.13. The predicted molar refractivity (Wildman–Crippen MR) is 60.3 cm³/mol. The van der Waals surface area contributed by atoms with Gasteiger partial charge >= 0.3 is 5.97 Å². The monoisotopic (exact) mass is 270 g/mol. The van der Waals surface area contributed by atoms with Crippen LogP contribution in [-0.2, 0) is 16.0 Å². The molecule has 0 heterocycles. The number of esters is 1. The van der Waals surface area contributed by atoms with Gasteiger partial charge in [-0.3, -0.25) is 9.59 Å². The molecule has 0 N–H and O–H groups in total. The predicted octanol–water partition coefficient (Wildman–Crippen LogP) is 2.12. The number of hydrogen-bond acceptors (Lipinski definition) is 3. The summed E-state index contributed by atoms with van der Waals surface area (Å²) in [6.45, 7) is 1.35. The lowest BCUT2D eigenvalue weighted by atomic mass is 10.1. The van der Waals surface area contributed by atoms with Crippen LogP contribution in [0.1, 0.15) is 12.5 Å². The van der Waals surface area contributed by atoms with E-state index in [1.165, 1.54) is 6.92 Å². The van der Waals surface area contributed by atoms with Gasteiger partial charge in [-0.1, -0.05) is 28.1 Å². The number of ether oxygens (including phenoxy) is 1. The Balaban J connectivity index is 2.64.